The van der Waals surface area contributed by atoms with Crippen molar-refractivity contribution in [1.82, 2.24) is 9.99 Å². The highest BCUT2D eigenvalue weighted by Crippen LogP contribution is 2.32. The molecular weight excluding hydrogens is 352 g/mol. The first-order valence-electron chi connectivity index (χ1n) is 9.51. The van der Waals surface area contributed by atoms with E-state index in [2.05, 4.69) is 66.6 Å². The summed E-state index contributed by atoms with van der Waals surface area (Å²) in [5.74, 6) is 0.656. The number of methoxy groups -OCH3 is 1. The molecule has 1 aromatic heterocycles. The Morgan fingerprint density at radius 3 is 2.68 bits per heavy atom. The molecule has 0 aliphatic heterocycles. The topological polar surface area (TPSA) is 100 Å². The average molecular weight is 385 g/mol. The van der Waals surface area contributed by atoms with Gasteiger partial charge in [0.15, 0.2) is 0 Å². The van der Waals surface area contributed by atoms with Crippen LogP contribution < -0.4 is 21.2 Å². The van der Waals surface area contributed by atoms with E-state index < -0.39 is 0 Å². The minimum absolute atomic E-state index is 0.00803. The van der Waals surface area contributed by atoms with Crippen molar-refractivity contribution >= 4 is 17.9 Å². The largest absolute Gasteiger partial charge is 0.497 e. The number of hydrazone groups is 1. The van der Waals surface area contributed by atoms with Crippen molar-refractivity contribution in [3.63, 3.8) is 0 Å². The number of rotatable bonds is 8. The van der Waals surface area contributed by atoms with E-state index in [9.17, 15) is 0 Å². The van der Waals surface area contributed by atoms with Crippen LogP contribution >= 0.6 is 0 Å². The summed E-state index contributed by atoms with van der Waals surface area (Å²) in [7, 11) is 1.68. The van der Waals surface area contributed by atoms with E-state index in [-0.39, 0.29) is 11.4 Å². The molecule has 0 saturated heterocycles. The molecule has 0 aliphatic carbocycles. The number of nitrogens with two attached hydrogens (primary N) is 1. The minimum Gasteiger partial charge on any atom is -0.497 e. The molecule has 7 nitrogen and oxygen atoms in total. The molecule has 0 amide bonds. The van der Waals surface area contributed by atoms with Crippen LogP contribution in [0.25, 0.3) is 5.69 Å². The third kappa shape index (κ3) is 5.52. The summed E-state index contributed by atoms with van der Waals surface area (Å²) in [4.78, 5) is 0. The lowest BCUT2D eigenvalue weighted by Crippen LogP contribution is -2.25. The van der Waals surface area contributed by atoms with E-state index in [1.165, 1.54) is 11.1 Å². The first-order chi connectivity index (χ1) is 13.3. The lowest BCUT2D eigenvalue weighted by molar-refractivity contribution is 0.415. The first kappa shape index (κ1) is 21.3. The Morgan fingerprint density at radius 1 is 1.32 bits per heavy atom. The highest BCUT2D eigenvalue weighted by molar-refractivity contribution is 5.75. The Hall–Kier alpha value is -2.96. The molecule has 28 heavy (non-hydrogen) atoms. The standard InChI is InChI=1S/C21H32N6O/c1-6-10-24-18-12-16(28-5)7-8-19(18)27-13-15(9-11-25-26-20(22)23)17(14-27)21(2,3)4/h7-8,11-14,24H,6,9-10H2,1-5H3,(H4,22,23,26). The monoisotopic (exact) mass is 384 g/mol. The summed E-state index contributed by atoms with van der Waals surface area (Å²) >= 11 is 0. The molecule has 2 aromatic rings. The molecule has 0 bridgehead atoms. The molecule has 0 spiro atoms. The van der Waals surface area contributed by atoms with Crippen LogP contribution in [-0.2, 0) is 11.8 Å². The third-order valence-corrected chi connectivity index (χ3v) is 4.35. The van der Waals surface area contributed by atoms with Crippen LogP contribution in [0.15, 0.2) is 35.7 Å². The van der Waals surface area contributed by atoms with Gasteiger partial charge in [0.1, 0.15) is 5.75 Å². The van der Waals surface area contributed by atoms with Crippen LogP contribution in [0.1, 0.15) is 45.2 Å². The van der Waals surface area contributed by atoms with Crippen molar-refractivity contribution in [1.29, 1.82) is 5.41 Å². The molecule has 0 saturated carbocycles. The maximum Gasteiger partial charge on any atom is 0.206 e. The fourth-order valence-corrected chi connectivity index (χ4v) is 3.00. The molecule has 0 unspecified atom stereocenters. The summed E-state index contributed by atoms with van der Waals surface area (Å²) in [5.41, 5.74) is 12.3. The Morgan fingerprint density at radius 2 is 2.07 bits per heavy atom. The van der Waals surface area contributed by atoms with E-state index in [4.69, 9.17) is 15.9 Å². The molecule has 0 fully saturated rings. The van der Waals surface area contributed by atoms with Gasteiger partial charge in [0.2, 0.25) is 5.96 Å². The van der Waals surface area contributed by atoms with Gasteiger partial charge in [-0.05, 0) is 35.1 Å². The second kappa shape index (κ2) is 9.30. The third-order valence-electron chi connectivity index (χ3n) is 4.35. The summed E-state index contributed by atoms with van der Waals surface area (Å²) < 4.78 is 7.54. The van der Waals surface area contributed by atoms with E-state index in [1.807, 2.05) is 12.1 Å². The van der Waals surface area contributed by atoms with Crippen LogP contribution in [0.3, 0.4) is 0 Å². The van der Waals surface area contributed by atoms with Crippen molar-refractivity contribution < 1.29 is 4.74 Å². The van der Waals surface area contributed by atoms with Gasteiger partial charge in [-0.3, -0.25) is 5.41 Å². The van der Waals surface area contributed by atoms with Crippen LogP contribution in [-0.4, -0.2) is 30.4 Å². The maximum absolute atomic E-state index is 7.18. The minimum atomic E-state index is -0.172. The van der Waals surface area contributed by atoms with Crippen molar-refractivity contribution in [3.05, 3.63) is 41.7 Å². The van der Waals surface area contributed by atoms with Gasteiger partial charge in [-0.15, -0.1) is 0 Å². The van der Waals surface area contributed by atoms with Crippen LogP contribution in [0.4, 0.5) is 5.69 Å². The molecule has 1 aromatic carbocycles. The average Bonchev–Trinajstić information content (AvgIpc) is 3.07. The quantitative estimate of drug-likeness (QED) is 0.317. The van der Waals surface area contributed by atoms with Gasteiger partial charge in [0.25, 0.3) is 0 Å². The number of ether oxygens (including phenoxy) is 1. The van der Waals surface area contributed by atoms with Crippen LogP contribution in [0, 0.1) is 5.41 Å². The van der Waals surface area contributed by atoms with Gasteiger partial charge in [0, 0.05) is 37.6 Å². The second-order valence-corrected chi connectivity index (χ2v) is 7.71. The number of guanidine groups is 1. The van der Waals surface area contributed by atoms with E-state index in [0.29, 0.717) is 6.42 Å². The maximum atomic E-state index is 7.18. The van der Waals surface area contributed by atoms with Gasteiger partial charge >= 0.3 is 0 Å². The molecule has 0 aliphatic rings. The number of benzene rings is 1. The Kier molecular flexibility index (Phi) is 7.09. The van der Waals surface area contributed by atoms with Gasteiger partial charge in [0.05, 0.1) is 18.5 Å². The summed E-state index contributed by atoms with van der Waals surface area (Å²) in [6.45, 7) is 9.64. The van der Waals surface area contributed by atoms with Crippen LogP contribution in [0.2, 0.25) is 0 Å². The zero-order valence-corrected chi connectivity index (χ0v) is 17.5. The lowest BCUT2D eigenvalue weighted by atomic mass is 9.86. The SMILES string of the molecule is CCCNc1cc(OC)ccc1-n1cc(CC=NNC(=N)N)c(C(C)(C)C)c1. The van der Waals surface area contributed by atoms with E-state index >= 15 is 0 Å². The molecule has 7 heteroatoms. The zero-order valence-electron chi connectivity index (χ0n) is 17.5. The van der Waals surface area contributed by atoms with Gasteiger partial charge in [-0.2, -0.15) is 5.10 Å². The fourth-order valence-electron chi connectivity index (χ4n) is 3.00. The fraction of sp³-hybridized carbons (Fsp3) is 0.429. The number of nitrogens with zero attached hydrogens (tertiary/aromatic N) is 2. The van der Waals surface area contributed by atoms with Crippen molar-refractivity contribution in [3.8, 4) is 11.4 Å². The highest BCUT2D eigenvalue weighted by atomic mass is 16.5. The molecular formula is C21H32N6O. The number of anilines is 1. The van der Waals surface area contributed by atoms with E-state index in [1.54, 1.807) is 13.3 Å². The molecule has 0 radical (unpaired) electrons. The van der Waals surface area contributed by atoms with Gasteiger partial charge < -0.3 is 20.4 Å². The second-order valence-electron chi connectivity index (χ2n) is 7.71. The smallest absolute Gasteiger partial charge is 0.206 e. The molecule has 2 rings (SSSR count). The predicted octanol–water partition coefficient (Wildman–Crippen LogP) is 3.62. The van der Waals surface area contributed by atoms with Crippen molar-refractivity contribution in [2.24, 2.45) is 10.8 Å². The van der Waals surface area contributed by atoms with Crippen molar-refractivity contribution in [2.45, 2.75) is 46.0 Å². The first-order valence-corrected chi connectivity index (χ1v) is 9.51. The van der Waals surface area contributed by atoms with E-state index in [0.717, 1.165) is 30.1 Å². The molecule has 152 valence electrons. The summed E-state index contributed by atoms with van der Waals surface area (Å²) in [6.07, 6.45) is 7.74. The summed E-state index contributed by atoms with van der Waals surface area (Å²) in [6, 6.07) is 6.07. The Labute approximate surface area is 167 Å². The predicted molar refractivity (Wildman–Crippen MR) is 117 cm³/mol. The number of hydrogen-bond donors (Lipinski definition) is 4. The van der Waals surface area contributed by atoms with Crippen molar-refractivity contribution in [2.75, 3.05) is 19.0 Å². The number of aromatic nitrogens is 1. The molecule has 5 N–H and O–H groups in total. The highest BCUT2D eigenvalue weighted by Gasteiger charge is 2.21. The molecule has 1 heterocycles. The number of nitrogens with one attached hydrogen (secondary N) is 3. The lowest BCUT2D eigenvalue weighted by Gasteiger charge is -2.19. The zero-order chi connectivity index (χ0) is 20.7. The normalized spacial score (nSPS) is 11.6. The Bertz CT molecular complexity index is 832. The summed E-state index contributed by atoms with van der Waals surface area (Å²) in [5, 5.41) is 14.7. The van der Waals surface area contributed by atoms with Crippen LogP contribution in [0.5, 0.6) is 5.75 Å². The Balaban J connectivity index is 2.43. The van der Waals surface area contributed by atoms with Gasteiger partial charge in [-0.1, -0.05) is 27.7 Å². The number of hydrogen-bond acceptors (Lipinski definition) is 4. The van der Waals surface area contributed by atoms with Gasteiger partial charge in [-0.25, -0.2) is 5.43 Å². The molecule has 0 atom stereocenters.